The van der Waals surface area contributed by atoms with E-state index in [0.29, 0.717) is 11.1 Å². The summed E-state index contributed by atoms with van der Waals surface area (Å²) in [6.45, 7) is 2.13. The Kier molecular flexibility index (Phi) is 17.5. The average Bonchev–Trinajstić information content (AvgIpc) is 2.70. The fourth-order valence-corrected chi connectivity index (χ4v) is 2.24. The van der Waals surface area contributed by atoms with E-state index in [1.165, 1.54) is 19.3 Å². The predicted molar refractivity (Wildman–Crippen MR) is 112 cm³/mol. The van der Waals surface area contributed by atoms with E-state index in [-0.39, 0.29) is 27.0 Å². The van der Waals surface area contributed by atoms with Gasteiger partial charge in [0, 0.05) is 22.5 Å². The number of carbonyl (C=O) groups excluding carboxylic acids is 4. The van der Waals surface area contributed by atoms with Crippen LogP contribution < -0.4 is 10.2 Å². The van der Waals surface area contributed by atoms with Gasteiger partial charge in [0.15, 0.2) is 0 Å². The van der Waals surface area contributed by atoms with E-state index >= 15 is 0 Å². The summed E-state index contributed by atoms with van der Waals surface area (Å²) in [7, 11) is 1.29. The van der Waals surface area contributed by atoms with E-state index in [1.807, 2.05) is 30.3 Å². The summed E-state index contributed by atoms with van der Waals surface area (Å²) in [6.07, 6.45) is 2.79. The molecule has 0 amide bonds. The van der Waals surface area contributed by atoms with Gasteiger partial charge < -0.3 is 29.3 Å². The molecule has 0 heterocycles. The van der Waals surface area contributed by atoms with Crippen LogP contribution in [0.1, 0.15) is 35.3 Å². The van der Waals surface area contributed by atoms with Gasteiger partial charge >= 0.3 is 32.4 Å². The monoisotopic (exact) mass is 598 g/mol. The molecule has 0 unspecified atom stereocenters. The molecular weight excluding hydrogens is 579 g/mol. The van der Waals surface area contributed by atoms with Crippen LogP contribution in [0.2, 0.25) is 0 Å². The third-order valence-corrected chi connectivity index (χ3v) is 3.54. The minimum atomic E-state index is -1.08. The summed E-state index contributed by atoms with van der Waals surface area (Å²) < 4.78 is 10.6. The molecule has 32 heavy (non-hydrogen) atoms. The molecule has 0 aromatic heterocycles. The number of methoxy groups -OCH3 is 1. The van der Waals surface area contributed by atoms with E-state index in [1.54, 1.807) is 18.2 Å². The maximum Gasteiger partial charge on any atom is 2.00 e. The van der Waals surface area contributed by atoms with Gasteiger partial charge in [-0.15, -0.1) is 0 Å². The Morgan fingerprint density at radius 3 is 2.00 bits per heavy atom. The van der Waals surface area contributed by atoms with Gasteiger partial charge in [-0.3, -0.25) is 0 Å². The third kappa shape index (κ3) is 16.0. The van der Waals surface area contributed by atoms with Gasteiger partial charge in [-0.25, -0.2) is 9.59 Å². The van der Waals surface area contributed by atoms with Gasteiger partial charge in [0.25, 0.3) is 0 Å². The second-order valence-corrected chi connectivity index (χ2v) is 6.55. The SMILES string of the molecule is CC(=O)[O-].CC(=O)[O-].COC(=O)/C=C/c1ccc(Br)cc1C(=O)OCc1ccccc1.[Pd+2]. The van der Waals surface area contributed by atoms with Crippen molar-refractivity contribution in [2.24, 2.45) is 0 Å². The molecule has 0 spiro atoms. The molecular formula is C22H21BrO8Pd. The first-order valence-corrected chi connectivity index (χ1v) is 9.47. The Hall–Kier alpha value is -2.80. The molecule has 2 aromatic carbocycles. The van der Waals surface area contributed by atoms with Crippen molar-refractivity contribution in [1.82, 2.24) is 0 Å². The molecule has 0 saturated carbocycles. The zero-order valence-electron chi connectivity index (χ0n) is 17.4. The van der Waals surface area contributed by atoms with Crippen LogP contribution in [0.4, 0.5) is 0 Å². The molecule has 0 aliphatic heterocycles. The Morgan fingerprint density at radius 2 is 1.50 bits per heavy atom. The molecule has 8 nitrogen and oxygen atoms in total. The Bertz CT molecular complexity index is 893. The van der Waals surface area contributed by atoms with Crippen LogP contribution in [-0.2, 0) is 50.9 Å². The van der Waals surface area contributed by atoms with Crippen molar-refractivity contribution in [3.63, 3.8) is 0 Å². The quantitative estimate of drug-likeness (QED) is 0.287. The first-order valence-electron chi connectivity index (χ1n) is 8.68. The number of hydrogen-bond acceptors (Lipinski definition) is 8. The fraction of sp³-hybridized carbons (Fsp3) is 0.182. The number of hydrogen-bond donors (Lipinski definition) is 0. The predicted octanol–water partition coefficient (Wildman–Crippen LogP) is 1.50. The molecule has 0 aliphatic rings. The average molecular weight is 600 g/mol. The molecule has 2 rings (SSSR count). The molecule has 0 bridgehead atoms. The number of carboxylic acids is 2. The second-order valence-electron chi connectivity index (χ2n) is 5.63. The van der Waals surface area contributed by atoms with E-state index in [4.69, 9.17) is 24.5 Å². The maximum atomic E-state index is 12.3. The summed E-state index contributed by atoms with van der Waals surface area (Å²) in [5.41, 5.74) is 1.86. The van der Waals surface area contributed by atoms with Gasteiger partial charge in [-0.2, -0.15) is 0 Å². The van der Waals surface area contributed by atoms with Gasteiger partial charge in [0.1, 0.15) is 6.61 Å². The number of halogens is 1. The summed E-state index contributed by atoms with van der Waals surface area (Å²) in [4.78, 5) is 41.3. The van der Waals surface area contributed by atoms with Crippen molar-refractivity contribution in [3.05, 3.63) is 75.8 Å². The smallest absolute Gasteiger partial charge is 0.550 e. The Morgan fingerprint density at radius 1 is 0.969 bits per heavy atom. The van der Waals surface area contributed by atoms with Gasteiger partial charge in [0.05, 0.1) is 12.7 Å². The molecule has 0 N–H and O–H groups in total. The topological polar surface area (TPSA) is 133 Å². The summed E-state index contributed by atoms with van der Waals surface area (Å²) in [6, 6.07) is 14.6. The summed E-state index contributed by atoms with van der Waals surface area (Å²) in [5, 5.41) is 17.8. The minimum absolute atomic E-state index is 0. The minimum Gasteiger partial charge on any atom is -0.550 e. The summed E-state index contributed by atoms with van der Waals surface area (Å²) >= 11 is 3.33. The molecule has 0 fully saturated rings. The number of carbonyl (C=O) groups is 4. The zero-order chi connectivity index (χ0) is 23.8. The molecule has 174 valence electrons. The summed E-state index contributed by atoms with van der Waals surface area (Å²) in [5.74, 6) is -3.11. The standard InChI is InChI=1S/C18H15BrO4.2C2H4O2.Pd/c1-22-17(20)10-8-14-7-9-15(19)11-16(14)18(21)23-12-13-5-3-2-4-6-13;2*1-2(3)4;/h2-11H,12H2,1H3;2*1H3,(H,3,4);/q;;;+2/p-2/b10-8+;;;. The fourth-order valence-electron chi connectivity index (χ4n) is 1.88. The number of carboxylic acid groups (broad SMARTS) is 2. The largest absolute Gasteiger partial charge is 2.00 e. The van der Waals surface area contributed by atoms with Crippen LogP contribution >= 0.6 is 15.9 Å². The van der Waals surface area contributed by atoms with Crippen molar-refractivity contribution in [1.29, 1.82) is 0 Å². The van der Waals surface area contributed by atoms with Crippen molar-refractivity contribution in [2.45, 2.75) is 20.5 Å². The van der Waals surface area contributed by atoms with Crippen LogP contribution in [0.3, 0.4) is 0 Å². The molecule has 0 aliphatic carbocycles. The number of benzene rings is 2. The van der Waals surface area contributed by atoms with Crippen LogP contribution in [0, 0.1) is 0 Å². The van der Waals surface area contributed by atoms with E-state index in [2.05, 4.69) is 20.7 Å². The van der Waals surface area contributed by atoms with Crippen molar-refractivity contribution >= 4 is 45.9 Å². The zero-order valence-corrected chi connectivity index (χ0v) is 20.6. The molecule has 10 heteroatoms. The van der Waals surface area contributed by atoms with E-state index in [0.717, 1.165) is 23.9 Å². The van der Waals surface area contributed by atoms with Gasteiger partial charge in [-0.05, 0) is 43.2 Å². The number of esters is 2. The van der Waals surface area contributed by atoms with Gasteiger partial charge in [0.2, 0.25) is 0 Å². The molecule has 2 aromatic rings. The van der Waals surface area contributed by atoms with Crippen molar-refractivity contribution in [2.75, 3.05) is 7.11 Å². The normalized spacial score (nSPS) is 9.12. The third-order valence-electron chi connectivity index (χ3n) is 3.05. The maximum absolute atomic E-state index is 12.3. The van der Waals surface area contributed by atoms with Crippen LogP contribution in [-0.4, -0.2) is 31.0 Å². The van der Waals surface area contributed by atoms with E-state index < -0.39 is 23.9 Å². The van der Waals surface area contributed by atoms with Crippen molar-refractivity contribution in [3.8, 4) is 0 Å². The second kappa shape index (κ2) is 17.8. The van der Waals surface area contributed by atoms with Gasteiger partial charge in [-0.1, -0.05) is 52.3 Å². The van der Waals surface area contributed by atoms with Crippen LogP contribution in [0.25, 0.3) is 6.08 Å². The van der Waals surface area contributed by atoms with Crippen LogP contribution in [0.5, 0.6) is 0 Å². The number of rotatable bonds is 5. The van der Waals surface area contributed by atoms with Crippen molar-refractivity contribution < 1.29 is 59.3 Å². The number of ether oxygens (including phenoxy) is 2. The first-order chi connectivity index (χ1) is 14.6. The Balaban J connectivity index is 0. The molecule has 0 atom stereocenters. The number of aliphatic carboxylic acids is 2. The molecule has 0 radical (unpaired) electrons. The molecule has 0 saturated heterocycles. The Labute approximate surface area is 208 Å². The van der Waals surface area contributed by atoms with Crippen LogP contribution in [0.15, 0.2) is 59.1 Å². The first kappa shape index (κ1) is 31.4. The van der Waals surface area contributed by atoms with E-state index in [9.17, 15) is 9.59 Å².